The van der Waals surface area contributed by atoms with Crippen molar-refractivity contribution in [2.75, 3.05) is 13.2 Å². The highest BCUT2D eigenvalue weighted by Gasteiger charge is 2.23. The average Bonchev–Trinajstić information content (AvgIpc) is 2.50. The van der Waals surface area contributed by atoms with Gasteiger partial charge in [0, 0.05) is 19.2 Å². The second kappa shape index (κ2) is 5.55. The molecule has 1 aliphatic heterocycles. The van der Waals surface area contributed by atoms with E-state index in [9.17, 15) is 0 Å². The van der Waals surface area contributed by atoms with Crippen molar-refractivity contribution < 1.29 is 4.74 Å². The number of hydrogen-bond acceptors (Lipinski definition) is 2. The number of unbranched alkanes of at least 4 members (excludes halogenated alkanes) is 1. The standard InChI is InChI=1S/C10H21NO/c1-3-5-6-9-7-10(8-11-9)12-4-2/h9-11H,3-8H2,1-2H3/t9-,10-/m1/s1. The summed E-state index contributed by atoms with van der Waals surface area (Å²) in [6, 6.07) is 0.724. The summed E-state index contributed by atoms with van der Waals surface area (Å²) in [4.78, 5) is 0. The van der Waals surface area contributed by atoms with Gasteiger partial charge in [0.25, 0.3) is 0 Å². The Morgan fingerprint density at radius 2 is 2.25 bits per heavy atom. The molecule has 1 heterocycles. The first-order chi connectivity index (χ1) is 5.86. The van der Waals surface area contributed by atoms with Crippen molar-refractivity contribution in [2.45, 2.75) is 51.7 Å². The van der Waals surface area contributed by atoms with E-state index in [1.165, 1.54) is 25.7 Å². The van der Waals surface area contributed by atoms with Crippen LogP contribution < -0.4 is 5.32 Å². The van der Waals surface area contributed by atoms with Gasteiger partial charge in [-0.2, -0.15) is 0 Å². The highest BCUT2D eigenvalue weighted by atomic mass is 16.5. The third-order valence-corrected chi connectivity index (χ3v) is 2.49. The van der Waals surface area contributed by atoms with Crippen molar-refractivity contribution in [3.63, 3.8) is 0 Å². The van der Waals surface area contributed by atoms with Gasteiger partial charge in [0.05, 0.1) is 6.10 Å². The van der Waals surface area contributed by atoms with Gasteiger partial charge in [-0.25, -0.2) is 0 Å². The fourth-order valence-corrected chi connectivity index (χ4v) is 1.82. The minimum atomic E-state index is 0.483. The molecule has 1 fully saturated rings. The zero-order valence-electron chi connectivity index (χ0n) is 8.31. The SMILES string of the molecule is CCCC[C@@H]1C[C@@H](OCC)CN1. The monoisotopic (exact) mass is 171 g/mol. The van der Waals surface area contributed by atoms with E-state index in [4.69, 9.17) is 4.74 Å². The Bertz CT molecular complexity index is 116. The summed E-state index contributed by atoms with van der Waals surface area (Å²) in [7, 11) is 0. The number of hydrogen-bond donors (Lipinski definition) is 1. The molecular formula is C10H21NO. The fraction of sp³-hybridized carbons (Fsp3) is 1.00. The average molecular weight is 171 g/mol. The molecule has 2 atom stereocenters. The van der Waals surface area contributed by atoms with E-state index in [1.54, 1.807) is 0 Å². The van der Waals surface area contributed by atoms with Crippen molar-refractivity contribution in [1.29, 1.82) is 0 Å². The molecule has 0 saturated carbocycles. The van der Waals surface area contributed by atoms with Crippen molar-refractivity contribution in [3.8, 4) is 0 Å². The van der Waals surface area contributed by atoms with Crippen LogP contribution in [-0.2, 0) is 4.74 Å². The molecule has 0 aromatic rings. The molecule has 12 heavy (non-hydrogen) atoms. The van der Waals surface area contributed by atoms with Crippen LogP contribution >= 0.6 is 0 Å². The molecule has 0 aromatic carbocycles. The molecule has 72 valence electrons. The Balaban J connectivity index is 2.08. The van der Waals surface area contributed by atoms with Crippen LogP contribution in [0.25, 0.3) is 0 Å². The van der Waals surface area contributed by atoms with Gasteiger partial charge in [-0.1, -0.05) is 19.8 Å². The third-order valence-electron chi connectivity index (χ3n) is 2.49. The minimum Gasteiger partial charge on any atom is -0.377 e. The maximum absolute atomic E-state index is 5.55. The van der Waals surface area contributed by atoms with E-state index in [0.29, 0.717) is 6.10 Å². The predicted octanol–water partition coefficient (Wildman–Crippen LogP) is 1.94. The van der Waals surface area contributed by atoms with Gasteiger partial charge in [0.15, 0.2) is 0 Å². The van der Waals surface area contributed by atoms with Crippen molar-refractivity contribution >= 4 is 0 Å². The zero-order valence-corrected chi connectivity index (χ0v) is 8.31. The van der Waals surface area contributed by atoms with Gasteiger partial charge >= 0.3 is 0 Å². The highest BCUT2D eigenvalue weighted by molar-refractivity contribution is 4.81. The Morgan fingerprint density at radius 1 is 1.42 bits per heavy atom. The van der Waals surface area contributed by atoms with Crippen LogP contribution in [0.2, 0.25) is 0 Å². The molecule has 0 spiro atoms. The number of nitrogens with one attached hydrogen (secondary N) is 1. The van der Waals surface area contributed by atoms with Crippen LogP contribution in [0.3, 0.4) is 0 Å². The lowest BCUT2D eigenvalue weighted by atomic mass is 10.1. The first-order valence-electron chi connectivity index (χ1n) is 5.21. The van der Waals surface area contributed by atoms with Gasteiger partial charge in [-0.05, 0) is 19.8 Å². The lowest BCUT2D eigenvalue weighted by molar-refractivity contribution is 0.0755. The molecule has 0 aliphatic carbocycles. The van der Waals surface area contributed by atoms with Gasteiger partial charge in [-0.3, -0.25) is 0 Å². The molecular weight excluding hydrogens is 150 g/mol. The molecule has 0 amide bonds. The molecule has 0 unspecified atom stereocenters. The van der Waals surface area contributed by atoms with Gasteiger partial charge in [-0.15, -0.1) is 0 Å². The normalized spacial score (nSPS) is 29.5. The van der Waals surface area contributed by atoms with Crippen LogP contribution in [0.4, 0.5) is 0 Å². The first-order valence-corrected chi connectivity index (χ1v) is 5.21. The summed E-state index contributed by atoms with van der Waals surface area (Å²) in [5, 5.41) is 3.50. The molecule has 0 radical (unpaired) electrons. The molecule has 1 aliphatic rings. The summed E-state index contributed by atoms with van der Waals surface area (Å²) in [5.74, 6) is 0. The van der Waals surface area contributed by atoms with E-state index in [1.807, 2.05) is 0 Å². The van der Waals surface area contributed by atoms with Gasteiger partial charge < -0.3 is 10.1 Å². The molecule has 1 rings (SSSR count). The molecule has 0 bridgehead atoms. The smallest absolute Gasteiger partial charge is 0.0714 e. The third kappa shape index (κ3) is 3.11. The van der Waals surface area contributed by atoms with Crippen LogP contribution in [0.5, 0.6) is 0 Å². The van der Waals surface area contributed by atoms with Crippen molar-refractivity contribution in [2.24, 2.45) is 0 Å². The predicted molar refractivity (Wildman–Crippen MR) is 51.3 cm³/mol. The Hall–Kier alpha value is -0.0800. The molecule has 2 nitrogen and oxygen atoms in total. The van der Waals surface area contributed by atoms with Gasteiger partial charge in [0.1, 0.15) is 0 Å². The van der Waals surface area contributed by atoms with E-state index < -0.39 is 0 Å². The topological polar surface area (TPSA) is 21.3 Å². The van der Waals surface area contributed by atoms with Crippen molar-refractivity contribution in [3.05, 3.63) is 0 Å². The summed E-state index contributed by atoms with van der Waals surface area (Å²) in [6.45, 7) is 6.23. The number of rotatable bonds is 5. The fourth-order valence-electron chi connectivity index (χ4n) is 1.82. The Kier molecular flexibility index (Phi) is 4.62. The van der Waals surface area contributed by atoms with Crippen LogP contribution in [0, 0.1) is 0 Å². The van der Waals surface area contributed by atoms with E-state index in [-0.39, 0.29) is 0 Å². The summed E-state index contributed by atoms with van der Waals surface area (Å²) < 4.78 is 5.55. The summed E-state index contributed by atoms with van der Waals surface area (Å²) >= 11 is 0. The lowest BCUT2D eigenvalue weighted by Crippen LogP contribution is -2.21. The molecule has 2 heteroatoms. The highest BCUT2D eigenvalue weighted by Crippen LogP contribution is 2.15. The molecule has 0 aromatic heterocycles. The van der Waals surface area contributed by atoms with Gasteiger partial charge in [0.2, 0.25) is 0 Å². The minimum absolute atomic E-state index is 0.483. The van der Waals surface area contributed by atoms with E-state index in [2.05, 4.69) is 19.2 Å². The summed E-state index contributed by atoms with van der Waals surface area (Å²) in [5.41, 5.74) is 0. The van der Waals surface area contributed by atoms with E-state index >= 15 is 0 Å². The maximum Gasteiger partial charge on any atom is 0.0714 e. The maximum atomic E-state index is 5.55. The quantitative estimate of drug-likeness (QED) is 0.682. The lowest BCUT2D eigenvalue weighted by Gasteiger charge is -2.09. The Labute approximate surface area is 75.7 Å². The largest absolute Gasteiger partial charge is 0.377 e. The second-order valence-corrected chi connectivity index (χ2v) is 3.56. The van der Waals surface area contributed by atoms with Crippen molar-refractivity contribution in [1.82, 2.24) is 5.32 Å². The second-order valence-electron chi connectivity index (χ2n) is 3.56. The van der Waals surface area contributed by atoms with Crippen LogP contribution in [0.15, 0.2) is 0 Å². The molecule has 1 N–H and O–H groups in total. The van der Waals surface area contributed by atoms with Crippen LogP contribution in [-0.4, -0.2) is 25.3 Å². The van der Waals surface area contributed by atoms with Crippen LogP contribution in [0.1, 0.15) is 39.5 Å². The Morgan fingerprint density at radius 3 is 2.92 bits per heavy atom. The first kappa shape index (κ1) is 10.0. The number of ether oxygens (including phenoxy) is 1. The summed E-state index contributed by atoms with van der Waals surface area (Å²) in [6.07, 6.45) is 5.67. The van der Waals surface area contributed by atoms with E-state index in [0.717, 1.165) is 19.2 Å². The molecule has 1 saturated heterocycles. The zero-order chi connectivity index (χ0) is 8.81.